The highest BCUT2D eigenvalue weighted by molar-refractivity contribution is 9.10. The number of rotatable bonds is 1. The summed E-state index contributed by atoms with van der Waals surface area (Å²) in [6.07, 6.45) is 3.32. The van der Waals surface area contributed by atoms with E-state index in [9.17, 15) is 0 Å². The molecule has 0 aliphatic rings. The average molecular weight is 307 g/mol. The minimum Gasteiger partial charge on any atom is -0.369 e. The summed E-state index contributed by atoms with van der Waals surface area (Å²) in [6.45, 7) is 0. The zero-order valence-electron chi connectivity index (χ0n) is 7.42. The number of nitrogens with zero attached hydrogens (tertiary/aromatic N) is 2. The van der Waals surface area contributed by atoms with Gasteiger partial charge < -0.3 is 5.73 Å². The molecule has 2 rings (SSSR count). The van der Waals surface area contributed by atoms with Crippen molar-refractivity contribution in [2.75, 3.05) is 5.73 Å². The van der Waals surface area contributed by atoms with E-state index in [-0.39, 0.29) is 0 Å². The molecular weight excluding hydrogens is 301 g/mol. The highest BCUT2D eigenvalue weighted by atomic mass is 79.9. The van der Waals surface area contributed by atoms with Gasteiger partial charge in [-0.1, -0.05) is 23.2 Å². The molecule has 2 aromatic rings. The van der Waals surface area contributed by atoms with Crippen molar-refractivity contribution < 1.29 is 0 Å². The maximum absolute atomic E-state index is 6.10. The number of hydrogen-bond acceptors (Lipinski definition) is 2. The van der Waals surface area contributed by atoms with Crippen LogP contribution in [0.4, 0.5) is 5.95 Å². The SMILES string of the molecule is Nc1nccn1-c1ccc(Br)c(Cl)c1Cl. The second kappa shape index (κ2) is 4.04. The van der Waals surface area contributed by atoms with Crippen LogP contribution in [-0.2, 0) is 0 Å². The van der Waals surface area contributed by atoms with E-state index in [2.05, 4.69) is 20.9 Å². The van der Waals surface area contributed by atoms with Gasteiger partial charge in [-0.3, -0.25) is 4.57 Å². The van der Waals surface area contributed by atoms with Crippen LogP contribution in [0.3, 0.4) is 0 Å². The summed E-state index contributed by atoms with van der Waals surface area (Å²) in [5, 5.41) is 0.901. The van der Waals surface area contributed by atoms with E-state index in [1.807, 2.05) is 12.1 Å². The van der Waals surface area contributed by atoms with Gasteiger partial charge in [0.15, 0.2) is 0 Å². The van der Waals surface area contributed by atoms with Crippen LogP contribution >= 0.6 is 39.1 Å². The zero-order valence-corrected chi connectivity index (χ0v) is 10.5. The monoisotopic (exact) mass is 305 g/mol. The van der Waals surface area contributed by atoms with Crippen LogP contribution in [0.25, 0.3) is 5.69 Å². The molecule has 0 radical (unpaired) electrons. The summed E-state index contributed by atoms with van der Waals surface area (Å²) in [5.74, 6) is 0.371. The van der Waals surface area contributed by atoms with E-state index < -0.39 is 0 Å². The summed E-state index contributed by atoms with van der Waals surface area (Å²) in [4.78, 5) is 3.91. The Morgan fingerprint density at radius 2 is 2.00 bits per heavy atom. The number of halogens is 3. The molecule has 0 saturated carbocycles. The lowest BCUT2D eigenvalue weighted by Crippen LogP contribution is -2.00. The molecular formula is C9H6BrCl2N3. The van der Waals surface area contributed by atoms with Crippen molar-refractivity contribution in [3.8, 4) is 5.69 Å². The first-order valence-electron chi connectivity index (χ1n) is 4.04. The van der Waals surface area contributed by atoms with Gasteiger partial charge in [-0.15, -0.1) is 0 Å². The molecule has 0 bridgehead atoms. The summed E-state index contributed by atoms with van der Waals surface area (Å²) in [6, 6.07) is 3.62. The third-order valence-electron chi connectivity index (χ3n) is 1.94. The first kappa shape index (κ1) is 10.8. The van der Waals surface area contributed by atoms with Gasteiger partial charge in [0, 0.05) is 16.9 Å². The second-order valence-electron chi connectivity index (χ2n) is 2.85. The van der Waals surface area contributed by atoms with E-state index >= 15 is 0 Å². The summed E-state index contributed by atoms with van der Waals surface area (Å²) in [7, 11) is 0. The number of aromatic nitrogens is 2. The number of nitrogen functional groups attached to an aromatic ring is 1. The Morgan fingerprint density at radius 3 is 2.60 bits per heavy atom. The molecule has 78 valence electrons. The van der Waals surface area contributed by atoms with Crippen molar-refractivity contribution in [3.05, 3.63) is 39.0 Å². The first-order valence-corrected chi connectivity index (χ1v) is 5.59. The number of anilines is 1. The van der Waals surface area contributed by atoms with Crippen LogP contribution in [0.15, 0.2) is 29.0 Å². The number of nitrogens with two attached hydrogens (primary N) is 1. The molecule has 1 aromatic heterocycles. The Labute approximate surface area is 105 Å². The van der Waals surface area contributed by atoms with E-state index in [4.69, 9.17) is 28.9 Å². The van der Waals surface area contributed by atoms with Crippen molar-refractivity contribution in [3.63, 3.8) is 0 Å². The van der Waals surface area contributed by atoms with Crippen molar-refractivity contribution in [1.82, 2.24) is 9.55 Å². The number of hydrogen-bond donors (Lipinski definition) is 1. The Morgan fingerprint density at radius 1 is 1.27 bits per heavy atom. The smallest absolute Gasteiger partial charge is 0.204 e. The van der Waals surface area contributed by atoms with Gasteiger partial charge >= 0.3 is 0 Å². The minimum atomic E-state index is 0.371. The van der Waals surface area contributed by atoms with Gasteiger partial charge in [0.1, 0.15) is 0 Å². The predicted octanol–water partition coefficient (Wildman–Crippen LogP) is 3.52. The van der Waals surface area contributed by atoms with E-state index in [0.29, 0.717) is 21.7 Å². The quantitative estimate of drug-likeness (QED) is 0.819. The third-order valence-corrected chi connectivity index (χ3v) is 3.70. The zero-order chi connectivity index (χ0) is 11.0. The van der Waals surface area contributed by atoms with Gasteiger partial charge in [0.25, 0.3) is 0 Å². The fraction of sp³-hybridized carbons (Fsp3) is 0. The lowest BCUT2D eigenvalue weighted by molar-refractivity contribution is 1.07. The van der Waals surface area contributed by atoms with Crippen molar-refractivity contribution in [1.29, 1.82) is 0 Å². The first-order chi connectivity index (χ1) is 7.11. The average Bonchev–Trinajstić information content (AvgIpc) is 2.62. The van der Waals surface area contributed by atoms with Crippen LogP contribution < -0.4 is 5.73 Å². The van der Waals surface area contributed by atoms with Crippen molar-refractivity contribution >= 4 is 45.1 Å². The fourth-order valence-corrected chi connectivity index (χ4v) is 2.08. The van der Waals surface area contributed by atoms with Crippen LogP contribution in [-0.4, -0.2) is 9.55 Å². The van der Waals surface area contributed by atoms with Crippen LogP contribution in [0.5, 0.6) is 0 Å². The molecule has 0 atom stereocenters. The topological polar surface area (TPSA) is 43.8 Å². The van der Waals surface area contributed by atoms with Gasteiger partial charge in [-0.2, -0.15) is 0 Å². The standard InChI is InChI=1S/C9H6BrCl2N3/c10-5-1-2-6(8(12)7(5)11)15-4-3-14-9(15)13/h1-4H,(H2,13,14). The summed E-state index contributed by atoms with van der Waals surface area (Å²) >= 11 is 15.4. The lowest BCUT2D eigenvalue weighted by atomic mass is 10.3. The van der Waals surface area contributed by atoms with Gasteiger partial charge in [-0.25, -0.2) is 4.98 Å². The van der Waals surface area contributed by atoms with Gasteiger partial charge in [-0.05, 0) is 28.1 Å². The molecule has 0 amide bonds. The van der Waals surface area contributed by atoms with Crippen LogP contribution in [0.2, 0.25) is 10.0 Å². The molecule has 0 aliphatic heterocycles. The Balaban J connectivity index is 2.65. The second-order valence-corrected chi connectivity index (χ2v) is 4.46. The van der Waals surface area contributed by atoms with Gasteiger partial charge in [0.2, 0.25) is 5.95 Å². The van der Waals surface area contributed by atoms with E-state index in [0.717, 1.165) is 4.47 Å². The molecule has 0 unspecified atom stereocenters. The molecule has 2 N–H and O–H groups in total. The van der Waals surface area contributed by atoms with Crippen molar-refractivity contribution in [2.45, 2.75) is 0 Å². The number of benzene rings is 1. The van der Waals surface area contributed by atoms with Gasteiger partial charge in [0.05, 0.1) is 15.7 Å². The molecule has 15 heavy (non-hydrogen) atoms. The van der Waals surface area contributed by atoms with E-state index in [1.165, 1.54) is 0 Å². The summed E-state index contributed by atoms with van der Waals surface area (Å²) < 4.78 is 2.41. The highest BCUT2D eigenvalue weighted by Crippen LogP contribution is 2.35. The molecule has 1 aromatic carbocycles. The molecule has 0 saturated heterocycles. The minimum absolute atomic E-state index is 0.371. The van der Waals surface area contributed by atoms with Crippen LogP contribution in [0, 0.1) is 0 Å². The molecule has 0 spiro atoms. The largest absolute Gasteiger partial charge is 0.369 e. The fourth-order valence-electron chi connectivity index (χ4n) is 1.22. The summed E-state index contributed by atoms with van der Waals surface area (Å²) in [5.41, 5.74) is 6.38. The molecule has 0 fully saturated rings. The lowest BCUT2D eigenvalue weighted by Gasteiger charge is -2.09. The third kappa shape index (κ3) is 1.85. The highest BCUT2D eigenvalue weighted by Gasteiger charge is 2.11. The van der Waals surface area contributed by atoms with E-state index in [1.54, 1.807) is 17.0 Å². The van der Waals surface area contributed by atoms with Crippen molar-refractivity contribution in [2.24, 2.45) is 0 Å². The maximum atomic E-state index is 6.10. The van der Waals surface area contributed by atoms with Crippen LogP contribution in [0.1, 0.15) is 0 Å². The normalized spacial score (nSPS) is 10.6. The maximum Gasteiger partial charge on any atom is 0.204 e. The Hall–Kier alpha value is -0.710. The Bertz CT molecular complexity index is 510. The molecule has 6 heteroatoms. The molecule has 1 heterocycles. The molecule has 3 nitrogen and oxygen atoms in total. The molecule has 0 aliphatic carbocycles. The number of imidazole rings is 1. The Kier molecular flexibility index (Phi) is 2.91. The predicted molar refractivity (Wildman–Crippen MR) is 65.7 cm³/mol.